The lowest BCUT2D eigenvalue weighted by Gasteiger charge is -2.18. The van der Waals surface area contributed by atoms with Crippen LogP contribution < -0.4 is 10.1 Å². The Morgan fingerprint density at radius 2 is 2.29 bits per heavy atom. The van der Waals surface area contributed by atoms with Crippen LogP contribution in [-0.2, 0) is 11.2 Å². The molecule has 0 fully saturated rings. The summed E-state index contributed by atoms with van der Waals surface area (Å²) in [7, 11) is 0. The van der Waals surface area contributed by atoms with Gasteiger partial charge in [-0.1, -0.05) is 23.7 Å². The summed E-state index contributed by atoms with van der Waals surface area (Å²) in [5.74, 6) is 0.703. The Kier molecular flexibility index (Phi) is 3.69. The quantitative estimate of drug-likeness (QED) is 0.662. The molecule has 1 amide bonds. The molecule has 17 heavy (non-hydrogen) atoms. The zero-order valence-electron chi connectivity index (χ0n) is 9.57. The molecule has 1 aromatic carbocycles. The van der Waals surface area contributed by atoms with Crippen molar-refractivity contribution in [3.05, 3.63) is 35.9 Å². The summed E-state index contributed by atoms with van der Waals surface area (Å²) in [5, 5.41) is 2.83. The van der Waals surface area contributed by atoms with Gasteiger partial charge in [-0.2, -0.15) is 0 Å². The molecule has 0 spiro atoms. The molecule has 1 unspecified atom stereocenters. The predicted octanol–water partition coefficient (Wildman–Crippen LogP) is 3.09. The van der Waals surface area contributed by atoms with Crippen LogP contribution in [0, 0.1) is 0 Å². The van der Waals surface area contributed by atoms with E-state index in [4.69, 9.17) is 16.3 Å². The van der Waals surface area contributed by atoms with Crippen LogP contribution in [-0.4, -0.2) is 11.5 Å². The number of carbonyl (C=O) groups is 1. The van der Waals surface area contributed by atoms with Crippen molar-refractivity contribution in [2.24, 2.45) is 0 Å². The average molecular weight is 252 g/mol. The van der Waals surface area contributed by atoms with Crippen LogP contribution in [0.1, 0.15) is 18.9 Å². The minimum atomic E-state index is -0.489. The van der Waals surface area contributed by atoms with Gasteiger partial charge in [0.1, 0.15) is 5.75 Å². The molecule has 1 atom stereocenters. The van der Waals surface area contributed by atoms with E-state index in [0.717, 1.165) is 17.7 Å². The van der Waals surface area contributed by atoms with Gasteiger partial charge in [0, 0.05) is 18.2 Å². The van der Waals surface area contributed by atoms with Crippen LogP contribution in [0.2, 0.25) is 0 Å². The van der Waals surface area contributed by atoms with Gasteiger partial charge in [-0.25, -0.2) is 0 Å². The normalized spacial score (nSPS) is 16.5. The average Bonchev–Trinajstić information content (AvgIpc) is 2.28. The van der Waals surface area contributed by atoms with E-state index in [2.05, 4.69) is 5.32 Å². The van der Waals surface area contributed by atoms with Crippen LogP contribution >= 0.6 is 11.6 Å². The maximum atomic E-state index is 11.3. The van der Waals surface area contributed by atoms with Crippen molar-refractivity contribution in [2.75, 3.05) is 5.32 Å². The summed E-state index contributed by atoms with van der Waals surface area (Å²) < 4.78 is 5.48. The molecule has 1 heterocycles. The maximum absolute atomic E-state index is 11.3. The number of rotatable bonds is 3. The molecule has 1 aliphatic heterocycles. The van der Waals surface area contributed by atoms with Crippen molar-refractivity contribution >= 4 is 23.2 Å². The number of hydrogen-bond acceptors (Lipinski definition) is 2. The number of nitrogens with one attached hydrogen (secondary N) is 1. The van der Waals surface area contributed by atoms with Crippen molar-refractivity contribution < 1.29 is 9.53 Å². The van der Waals surface area contributed by atoms with Crippen LogP contribution in [0.3, 0.4) is 0 Å². The number of amides is 1. The number of ether oxygens (including phenoxy) is 1. The highest BCUT2D eigenvalue weighted by molar-refractivity contribution is 6.21. The fraction of sp³-hybridized carbons (Fsp3) is 0.308. The molecule has 1 aromatic rings. The summed E-state index contributed by atoms with van der Waals surface area (Å²) >= 11 is 5.93. The lowest BCUT2D eigenvalue weighted by Crippen LogP contribution is -2.19. The smallest absolute Gasteiger partial charge is 0.224 e. The summed E-state index contributed by atoms with van der Waals surface area (Å²) in [6, 6.07) is 5.64. The number of allylic oxidation sites excluding steroid dienone is 1. The van der Waals surface area contributed by atoms with E-state index in [-0.39, 0.29) is 5.91 Å². The molecule has 90 valence electrons. The molecule has 0 saturated heterocycles. The van der Waals surface area contributed by atoms with E-state index < -0.39 is 5.56 Å². The topological polar surface area (TPSA) is 38.3 Å². The Hall–Kier alpha value is -1.48. The monoisotopic (exact) mass is 251 g/mol. The number of aryl methyl sites for hydroxylation is 1. The number of alkyl halides is 1. The van der Waals surface area contributed by atoms with Gasteiger partial charge < -0.3 is 10.1 Å². The van der Waals surface area contributed by atoms with Gasteiger partial charge in [0.15, 0.2) is 5.56 Å². The van der Waals surface area contributed by atoms with Crippen molar-refractivity contribution in [1.29, 1.82) is 0 Å². The lowest BCUT2D eigenvalue weighted by atomic mass is 10.0. The maximum Gasteiger partial charge on any atom is 0.224 e. The number of halogens is 1. The zero-order chi connectivity index (χ0) is 12.3. The minimum absolute atomic E-state index is 0.0468. The van der Waals surface area contributed by atoms with E-state index >= 15 is 0 Å². The lowest BCUT2D eigenvalue weighted by molar-refractivity contribution is -0.116. The van der Waals surface area contributed by atoms with Crippen LogP contribution in [0.4, 0.5) is 5.69 Å². The molecule has 0 saturated carbocycles. The molecule has 1 aliphatic rings. The molecule has 0 bridgehead atoms. The Labute approximate surface area is 105 Å². The Morgan fingerprint density at radius 1 is 1.47 bits per heavy atom. The standard InChI is InChI=1S/C13H14ClNO2/c1-2-3-12(14)17-10-6-4-9-5-7-13(16)15-11(9)8-10/h2-4,6,8,12H,5,7H2,1H3,(H,15,16)/b3-2-. The summed E-state index contributed by atoms with van der Waals surface area (Å²) in [4.78, 5) is 11.3. The summed E-state index contributed by atoms with van der Waals surface area (Å²) in [6.45, 7) is 1.88. The fourth-order valence-corrected chi connectivity index (χ4v) is 1.99. The van der Waals surface area contributed by atoms with Crippen molar-refractivity contribution in [3.63, 3.8) is 0 Å². The van der Waals surface area contributed by atoms with E-state index in [1.54, 1.807) is 6.08 Å². The van der Waals surface area contributed by atoms with E-state index in [9.17, 15) is 4.79 Å². The number of fused-ring (bicyclic) bond motifs is 1. The Morgan fingerprint density at radius 3 is 3.06 bits per heavy atom. The van der Waals surface area contributed by atoms with E-state index in [0.29, 0.717) is 12.2 Å². The zero-order valence-corrected chi connectivity index (χ0v) is 10.3. The van der Waals surface area contributed by atoms with Gasteiger partial charge in [0.2, 0.25) is 5.91 Å². The van der Waals surface area contributed by atoms with Gasteiger partial charge in [-0.15, -0.1) is 0 Å². The molecule has 0 aliphatic carbocycles. The molecule has 2 rings (SSSR count). The number of hydrogen-bond donors (Lipinski definition) is 1. The molecular formula is C13H14ClNO2. The Balaban J connectivity index is 2.15. The second-order valence-electron chi connectivity index (χ2n) is 3.86. The van der Waals surface area contributed by atoms with Crippen LogP contribution in [0.25, 0.3) is 0 Å². The third-order valence-electron chi connectivity index (χ3n) is 2.57. The first-order chi connectivity index (χ1) is 8.19. The number of benzene rings is 1. The van der Waals surface area contributed by atoms with Crippen molar-refractivity contribution in [1.82, 2.24) is 0 Å². The third-order valence-corrected chi connectivity index (χ3v) is 2.80. The summed E-state index contributed by atoms with van der Waals surface area (Å²) in [5.41, 5.74) is 1.47. The highest BCUT2D eigenvalue weighted by Crippen LogP contribution is 2.28. The molecule has 4 heteroatoms. The van der Waals surface area contributed by atoms with Crippen LogP contribution in [0.15, 0.2) is 30.4 Å². The predicted molar refractivity (Wildman–Crippen MR) is 68.5 cm³/mol. The minimum Gasteiger partial charge on any atom is -0.471 e. The Bertz CT molecular complexity index is 457. The molecular weight excluding hydrogens is 238 g/mol. The van der Waals surface area contributed by atoms with Gasteiger partial charge in [-0.05, 0) is 31.1 Å². The molecule has 1 N–H and O–H groups in total. The summed E-state index contributed by atoms with van der Waals surface area (Å²) in [6.07, 6.45) is 4.90. The second-order valence-corrected chi connectivity index (χ2v) is 4.29. The molecule has 3 nitrogen and oxygen atoms in total. The van der Waals surface area contributed by atoms with Gasteiger partial charge in [-0.3, -0.25) is 4.79 Å². The second kappa shape index (κ2) is 5.23. The first-order valence-corrected chi connectivity index (χ1v) is 5.99. The van der Waals surface area contributed by atoms with E-state index in [1.165, 1.54) is 0 Å². The number of anilines is 1. The molecule has 0 radical (unpaired) electrons. The number of carbonyl (C=O) groups excluding carboxylic acids is 1. The third kappa shape index (κ3) is 3.01. The SMILES string of the molecule is C/C=C\C(Cl)Oc1ccc2c(c1)NC(=O)CC2. The highest BCUT2D eigenvalue weighted by atomic mass is 35.5. The fourth-order valence-electron chi connectivity index (χ4n) is 1.74. The first-order valence-electron chi connectivity index (χ1n) is 5.55. The van der Waals surface area contributed by atoms with E-state index in [1.807, 2.05) is 31.2 Å². The highest BCUT2D eigenvalue weighted by Gasteiger charge is 2.15. The van der Waals surface area contributed by atoms with Gasteiger partial charge in [0.25, 0.3) is 0 Å². The van der Waals surface area contributed by atoms with Crippen molar-refractivity contribution in [3.8, 4) is 5.75 Å². The van der Waals surface area contributed by atoms with Crippen molar-refractivity contribution in [2.45, 2.75) is 25.3 Å². The van der Waals surface area contributed by atoms with Crippen LogP contribution in [0.5, 0.6) is 5.75 Å². The van der Waals surface area contributed by atoms with Gasteiger partial charge >= 0.3 is 0 Å². The van der Waals surface area contributed by atoms with Gasteiger partial charge in [0.05, 0.1) is 0 Å². The largest absolute Gasteiger partial charge is 0.471 e. The molecule has 0 aromatic heterocycles. The first kappa shape index (κ1) is 12.0.